The molecule has 0 aromatic carbocycles. The van der Waals surface area contributed by atoms with Crippen LogP contribution in [-0.4, -0.2) is 36.9 Å². The quantitative estimate of drug-likeness (QED) is 0.0836. The molecular weight excluding hydrogens is 462 g/mol. The molecule has 0 heterocycles. The Kier molecular flexibility index (Phi) is 25.8. The van der Waals surface area contributed by atoms with Crippen LogP contribution in [0.1, 0.15) is 149 Å². The van der Waals surface area contributed by atoms with Gasteiger partial charge in [0.15, 0.2) is 0 Å². The van der Waals surface area contributed by atoms with Crippen molar-refractivity contribution in [3.05, 3.63) is 12.2 Å². The van der Waals surface area contributed by atoms with Crippen molar-refractivity contribution >= 4 is 17.7 Å². The zero-order valence-corrected chi connectivity index (χ0v) is 24.5. The Morgan fingerprint density at radius 1 is 0.568 bits per heavy atom. The first-order chi connectivity index (χ1) is 18.0. The van der Waals surface area contributed by atoms with E-state index in [4.69, 9.17) is 0 Å². The highest BCUT2D eigenvalue weighted by Crippen LogP contribution is 2.12. The van der Waals surface area contributed by atoms with Crippen molar-refractivity contribution in [2.75, 3.05) is 13.1 Å². The predicted octanol–water partition coefficient (Wildman–Crippen LogP) is 7.12. The summed E-state index contributed by atoms with van der Waals surface area (Å²) in [5.41, 5.74) is 0. The summed E-state index contributed by atoms with van der Waals surface area (Å²) in [5.74, 6) is -0.407. The van der Waals surface area contributed by atoms with E-state index in [0.717, 1.165) is 32.1 Å². The van der Waals surface area contributed by atoms with Gasteiger partial charge in [-0.2, -0.15) is 0 Å². The molecule has 0 unspecified atom stereocenters. The summed E-state index contributed by atoms with van der Waals surface area (Å²) < 4.78 is 0. The van der Waals surface area contributed by atoms with Crippen LogP contribution in [0.15, 0.2) is 12.2 Å². The number of allylic oxidation sites excluding steroid dienone is 2. The molecule has 0 aliphatic heterocycles. The molecule has 1 atom stereocenters. The molecule has 0 fully saturated rings. The third kappa shape index (κ3) is 24.3. The fourth-order valence-electron chi connectivity index (χ4n) is 4.19. The fourth-order valence-corrected chi connectivity index (χ4v) is 4.19. The Balaban J connectivity index is 4.07. The molecule has 0 spiro atoms. The highest BCUT2D eigenvalue weighted by atomic mass is 16.2. The van der Waals surface area contributed by atoms with Crippen molar-refractivity contribution < 1.29 is 14.4 Å². The van der Waals surface area contributed by atoms with Gasteiger partial charge in [-0.1, -0.05) is 110 Å². The first-order valence-corrected chi connectivity index (χ1v) is 15.5. The summed E-state index contributed by atoms with van der Waals surface area (Å²) in [6.07, 6.45) is 25.6. The molecule has 0 saturated carbocycles. The van der Waals surface area contributed by atoms with Gasteiger partial charge in [0, 0.05) is 25.9 Å². The highest BCUT2D eigenvalue weighted by Gasteiger charge is 2.21. The van der Waals surface area contributed by atoms with Crippen LogP contribution >= 0.6 is 0 Å². The maximum Gasteiger partial charge on any atom is 0.242 e. The van der Waals surface area contributed by atoms with Gasteiger partial charge in [-0.25, -0.2) is 0 Å². The minimum absolute atomic E-state index is 0.0700. The van der Waals surface area contributed by atoms with Crippen molar-refractivity contribution in [1.82, 2.24) is 16.0 Å². The maximum absolute atomic E-state index is 12.6. The first kappa shape index (κ1) is 35.2. The van der Waals surface area contributed by atoms with Gasteiger partial charge in [0.05, 0.1) is 0 Å². The summed E-state index contributed by atoms with van der Waals surface area (Å²) >= 11 is 0. The summed E-state index contributed by atoms with van der Waals surface area (Å²) in [6, 6.07) is -0.665. The molecule has 0 aliphatic carbocycles. The van der Waals surface area contributed by atoms with Gasteiger partial charge in [0.25, 0.3) is 0 Å². The Labute approximate surface area is 228 Å². The van der Waals surface area contributed by atoms with E-state index in [1.54, 1.807) is 0 Å². The van der Waals surface area contributed by atoms with Gasteiger partial charge in [-0.15, -0.1) is 0 Å². The van der Waals surface area contributed by atoms with E-state index in [2.05, 4.69) is 48.9 Å². The predicted molar refractivity (Wildman–Crippen MR) is 156 cm³/mol. The lowest BCUT2D eigenvalue weighted by Gasteiger charge is -2.18. The largest absolute Gasteiger partial charge is 0.356 e. The van der Waals surface area contributed by atoms with Gasteiger partial charge < -0.3 is 16.0 Å². The fraction of sp³-hybridized carbons (Fsp3) is 0.839. The molecule has 0 rings (SSSR count). The Bertz CT molecular complexity index is 592. The smallest absolute Gasteiger partial charge is 0.242 e. The Morgan fingerprint density at radius 2 is 1.08 bits per heavy atom. The minimum atomic E-state index is -0.665. The standard InChI is InChI=1S/C31H59N3O3/c1-4-7-10-11-12-13-14-15-16-17-18-19-20-21-22-23-30(36)34-28(31(37)33-27-9-6-3)24-25-29(35)32-26-8-5-2/h20-21,28H,4-19,22-27H2,1-3H3,(H,32,35)(H,33,37)(H,34,36)/b21-20+/t28-/m0/s1. The molecule has 6 heteroatoms. The van der Waals surface area contributed by atoms with Gasteiger partial charge in [-0.3, -0.25) is 14.4 Å². The number of amides is 3. The lowest BCUT2D eigenvalue weighted by Crippen LogP contribution is -2.47. The number of rotatable bonds is 26. The second-order valence-electron chi connectivity index (χ2n) is 10.3. The lowest BCUT2D eigenvalue weighted by molar-refractivity contribution is -0.129. The van der Waals surface area contributed by atoms with Gasteiger partial charge in [0.2, 0.25) is 17.7 Å². The van der Waals surface area contributed by atoms with Crippen molar-refractivity contribution in [3.63, 3.8) is 0 Å². The zero-order chi connectivity index (χ0) is 27.4. The van der Waals surface area contributed by atoms with Gasteiger partial charge in [0.1, 0.15) is 6.04 Å². The van der Waals surface area contributed by atoms with E-state index in [1.165, 1.54) is 70.6 Å². The minimum Gasteiger partial charge on any atom is -0.356 e. The van der Waals surface area contributed by atoms with E-state index in [0.29, 0.717) is 32.4 Å². The summed E-state index contributed by atoms with van der Waals surface area (Å²) in [5, 5.41) is 8.61. The molecule has 0 aliphatic rings. The number of hydrogen-bond acceptors (Lipinski definition) is 3. The molecule has 0 saturated heterocycles. The summed E-state index contributed by atoms with van der Waals surface area (Å²) in [4.78, 5) is 37.1. The molecule has 3 N–H and O–H groups in total. The molecular formula is C31H59N3O3. The van der Waals surface area contributed by atoms with Crippen LogP contribution in [0.3, 0.4) is 0 Å². The number of unbranched alkanes of at least 4 members (excludes halogenated alkanes) is 13. The van der Waals surface area contributed by atoms with E-state index >= 15 is 0 Å². The van der Waals surface area contributed by atoms with Crippen LogP contribution in [0, 0.1) is 0 Å². The van der Waals surface area contributed by atoms with E-state index in [-0.39, 0.29) is 24.1 Å². The third-order valence-electron chi connectivity index (χ3n) is 6.67. The molecule has 37 heavy (non-hydrogen) atoms. The van der Waals surface area contributed by atoms with Crippen molar-refractivity contribution in [2.24, 2.45) is 0 Å². The molecule has 216 valence electrons. The SMILES string of the molecule is CCCCCCCCCCCCC/C=C/CCC(=O)N[C@@H](CCC(=O)NCCCC)C(=O)NCCCC. The van der Waals surface area contributed by atoms with Crippen molar-refractivity contribution in [2.45, 2.75) is 155 Å². The van der Waals surface area contributed by atoms with Crippen LogP contribution in [0.4, 0.5) is 0 Å². The van der Waals surface area contributed by atoms with Gasteiger partial charge >= 0.3 is 0 Å². The van der Waals surface area contributed by atoms with Crippen LogP contribution in [0.5, 0.6) is 0 Å². The number of carbonyl (C=O) groups excluding carboxylic acids is 3. The highest BCUT2D eigenvalue weighted by molar-refractivity contribution is 5.88. The van der Waals surface area contributed by atoms with Crippen LogP contribution < -0.4 is 16.0 Å². The molecule has 6 nitrogen and oxygen atoms in total. The normalized spacial score (nSPS) is 12.0. The van der Waals surface area contributed by atoms with Crippen molar-refractivity contribution in [3.8, 4) is 0 Å². The second-order valence-corrected chi connectivity index (χ2v) is 10.3. The first-order valence-electron chi connectivity index (χ1n) is 15.5. The molecule has 0 bridgehead atoms. The Hall–Kier alpha value is -1.85. The van der Waals surface area contributed by atoms with E-state index in [1.807, 2.05) is 0 Å². The van der Waals surface area contributed by atoms with Crippen LogP contribution in [0.2, 0.25) is 0 Å². The summed E-state index contributed by atoms with van der Waals surface area (Å²) in [6.45, 7) is 7.65. The molecule has 0 aromatic rings. The molecule has 3 amide bonds. The monoisotopic (exact) mass is 521 g/mol. The lowest BCUT2D eigenvalue weighted by atomic mass is 10.1. The number of hydrogen-bond donors (Lipinski definition) is 3. The molecule has 0 aromatic heterocycles. The number of nitrogens with one attached hydrogen (secondary N) is 3. The van der Waals surface area contributed by atoms with E-state index in [9.17, 15) is 14.4 Å². The average Bonchev–Trinajstić information content (AvgIpc) is 2.89. The Morgan fingerprint density at radius 3 is 1.68 bits per heavy atom. The van der Waals surface area contributed by atoms with Gasteiger partial charge in [-0.05, 0) is 38.5 Å². The van der Waals surface area contributed by atoms with Crippen molar-refractivity contribution in [1.29, 1.82) is 0 Å². The third-order valence-corrected chi connectivity index (χ3v) is 6.67. The topological polar surface area (TPSA) is 87.3 Å². The molecule has 0 radical (unpaired) electrons. The number of carbonyl (C=O) groups is 3. The second kappa shape index (κ2) is 27.2. The maximum atomic E-state index is 12.6. The zero-order valence-electron chi connectivity index (χ0n) is 24.5. The summed E-state index contributed by atoms with van der Waals surface area (Å²) in [7, 11) is 0. The van der Waals surface area contributed by atoms with Crippen LogP contribution in [0.25, 0.3) is 0 Å². The van der Waals surface area contributed by atoms with E-state index < -0.39 is 6.04 Å². The van der Waals surface area contributed by atoms with Crippen LogP contribution in [-0.2, 0) is 14.4 Å². The average molecular weight is 522 g/mol.